The number of rotatable bonds is 3. The first-order valence-electron chi connectivity index (χ1n) is 3.88. The maximum atomic E-state index is 10.9. The van der Waals surface area contributed by atoms with E-state index in [1.54, 1.807) is 12.3 Å². The summed E-state index contributed by atoms with van der Waals surface area (Å²) in [6.45, 7) is 5.85. The highest BCUT2D eigenvalue weighted by atomic mass is 16.2. The highest BCUT2D eigenvalue weighted by molar-refractivity contribution is 5.75. The SMILES string of the molecule is C/C=C/NC(=O)NC(C)CC. The lowest BCUT2D eigenvalue weighted by molar-refractivity contribution is 0.241. The van der Waals surface area contributed by atoms with Crippen molar-refractivity contribution in [3.63, 3.8) is 0 Å². The second-order valence-corrected chi connectivity index (χ2v) is 2.43. The minimum atomic E-state index is -0.141. The van der Waals surface area contributed by atoms with Crippen LogP contribution < -0.4 is 10.6 Å². The summed E-state index contributed by atoms with van der Waals surface area (Å²) in [5, 5.41) is 5.33. The van der Waals surface area contributed by atoms with Crippen molar-refractivity contribution in [3.8, 4) is 0 Å². The minimum Gasteiger partial charge on any atom is -0.335 e. The molecule has 0 aliphatic heterocycles. The zero-order valence-corrected chi connectivity index (χ0v) is 7.35. The van der Waals surface area contributed by atoms with Gasteiger partial charge in [-0.25, -0.2) is 4.79 Å². The van der Waals surface area contributed by atoms with Gasteiger partial charge in [0.05, 0.1) is 0 Å². The van der Waals surface area contributed by atoms with Gasteiger partial charge in [-0.3, -0.25) is 0 Å². The van der Waals surface area contributed by atoms with E-state index in [0.29, 0.717) is 0 Å². The number of urea groups is 1. The van der Waals surface area contributed by atoms with Gasteiger partial charge < -0.3 is 10.6 Å². The predicted octanol–water partition coefficient (Wildman–Crippen LogP) is 1.62. The van der Waals surface area contributed by atoms with Crippen molar-refractivity contribution in [2.24, 2.45) is 0 Å². The Morgan fingerprint density at radius 3 is 2.73 bits per heavy atom. The lowest BCUT2D eigenvalue weighted by Gasteiger charge is -2.09. The first kappa shape index (κ1) is 10.0. The molecule has 64 valence electrons. The highest BCUT2D eigenvalue weighted by Crippen LogP contribution is 1.86. The van der Waals surface area contributed by atoms with Gasteiger partial charge in [0.1, 0.15) is 0 Å². The third-order valence-corrected chi connectivity index (χ3v) is 1.37. The molecular formula is C8H16N2O. The topological polar surface area (TPSA) is 41.1 Å². The Kier molecular flexibility index (Phi) is 5.25. The van der Waals surface area contributed by atoms with Gasteiger partial charge in [-0.05, 0) is 20.3 Å². The summed E-state index contributed by atoms with van der Waals surface area (Å²) in [7, 11) is 0. The number of hydrogen-bond acceptors (Lipinski definition) is 1. The number of carbonyl (C=O) groups excluding carboxylic acids is 1. The summed E-state index contributed by atoms with van der Waals surface area (Å²) < 4.78 is 0. The summed E-state index contributed by atoms with van der Waals surface area (Å²) in [4.78, 5) is 10.9. The van der Waals surface area contributed by atoms with Crippen LogP contribution in [0.2, 0.25) is 0 Å². The molecule has 0 radical (unpaired) electrons. The Hall–Kier alpha value is -0.990. The zero-order valence-electron chi connectivity index (χ0n) is 7.35. The van der Waals surface area contributed by atoms with Crippen molar-refractivity contribution >= 4 is 6.03 Å². The average molecular weight is 156 g/mol. The van der Waals surface area contributed by atoms with Gasteiger partial charge in [-0.15, -0.1) is 0 Å². The van der Waals surface area contributed by atoms with E-state index < -0.39 is 0 Å². The Morgan fingerprint density at radius 2 is 2.27 bits per heavy atom. The van der Waals surface area contributed by atoms with Crippen molar-refractivity contribution in [2.45, 2.75) is 33.2 Å². The van der Waals surface area contributed by atoms with Crippen LogP contribution in [0.1, 0.15) is 27.2 Å². The second-order valence-electron chi connectivity index (χ2n) is 2.43. The van der Waals surface area contributed by atoms with E-state index in [-0.39, 0.29) is 12.1 Å². The van der Waals surface area contributed by atoms with Crippen LogP contribution in [0.5, 0.6) is 0 Å². The first-order valence-corrected chi connectivity index (χ1v) is 3.88. The van der Waals surface area contributed by atoms with E-state index in [2.05, 4.69) is 10.6 Å². The van der Waals surface area contributed by atoms with Crippen LogP contribution in [-0.2, 0) is 0 Å². The molecule has 3 heteroatoms. The fourth-order valence-corrected chi connectivity index (χ4v) is 0.527. The molecule has 0 rings (SSSR count). The van der Waals surface area contributed by atoms with Crippen molar-refractivity contribution < 1.29 is 4.79 Å². The van der Waals surface area contributed by atoms with E-state index in [1.165, 1.54) is 0 Å². The molecule has 2 N–H and O–H groups in total. The maximum absolute atomic E-state index is 10.9. The molecule has 0 aliphatic rings. The number of carbonyl (C=O) groups is 1. The molecule has 0 fully saturated rings. The average Bonchev–Trinajstić information content (AvgIpc) is 2.00. The maximum Gasteiger partial charge on any atom is 0.318 e. The molecule has 0 aliphatic carbocycles. The molecule has 0 saturated carbocycles. The fourth-order valence-electron chi connectivity index (χ4n) is 0.527. The number of amides is 2. The van der Waals surface area contributed by atoms with E-state index in [0.717, 1.165) is 6.42 Å². The Bertz CT molecular complexity index is 143. The molecule has 1 atom stereocenters. The van der Waals surface area contributed by atoms with Crippen molar-refractivity contribution in [2.75, 3.05) is 0 Å². The summed E-state index contributed by atoms with van der Waals surface area (Å²) in [5.41, 5.74) is 0. The van der Waals surface area contributed by atoms with Gasteiger partial charge in [0.25, 0.3) is 0 Å². The molecule has 0 aromatic heterocycles. The van der Waals surface area contributed by atoms with Crippen LogP contribution in [-0.4, -0.2) is 12.1 Å². The molecule has 11 heavy (non-hydrogen) atoms. The van der Waals surface area contributed by atoms with Crippen molar-refractivity contribution in [3.05, 3.63) is 12.3 Å². The fraction of sp³-hybridized carbons (Fsp3) is 0.625. The Morgan fingerprint density at radius 1 is 1.64 bits per heavy atom. The molecule has 0 bridgehead atoms. The Balaban J connectivity index is 3.52. The largest absolute Gasteiger partial charge is 0.335 e. The monoisotopic (exact) mass is 156 g/mol. The van der Waals surface area contributed by atoms with Crippen LogP contribution in [0.3, 0.4) is 0 Å². The molecule has 0 saturated heterocycles. The summed E-state index contributed by atoms with van der Waals surface area (Å²) in [6, 6.07) is 0.0951. The normalized spacial score (nSPS) is 13.0. The molecular weight excluding hydrogens is 140 g/mol. The summed E-state index contributed by atoms with van der Waals surface area (Å²) >= 11 is 0. The van der Waals surface area contributed by atoms with Crippen molar-refractivity contribution in [1.82, 2.24) is 10.6 Å². The molecule has 0 aromatic rings. The van der Waals surface area contributed by atoms with Gasteiger partial charge in [0.2, 0.25) is 0 Å². The molecule has 3 nitrogen and oxygen atoms in total. The molecule has 0 spiro atoms. The number of nitrogens with one attached hydrogen (secondary N) is 2. The lowest BCUT2D eigenvalue weighted by Crippen LogP contribution is -2.38. The van der Waals surface area contributed by atoms with Crippen LogP contribution in [0.25, 0.3) is 0 Å². The predicted molar refractivity (Wildman–Crippen MR) is 46.2 cm³/mol. The minimum absolute atomic E-state index is 0.141. The van der Waals surface area contributed by atoms with E-state index in [9.17, 15) is 4.79 Å². The van der Waals surface area contributed by atoms with Gasteiger partial charge in [-0.2, -0.15) is 0 Å². The van der Waals surface area contributed by atoms with E-state index >= 15 is 0 Å². The first-order chi connectivity index (χ1) is 5.20. The van der Waals surface area contributed by atoms with E-state index in [4.69, 9.17) is 0 Å². The van der Waals surface area contributed by atoms with Gasteiger partial charge in [0, 0.05) is 12.2 Å². The molecule has 0 heterocycles. The van der Waals surface area contributed by atoms with Gasteiger partial charge >= 0.3 is 6.03 Å². The smallest absolute Gasteiger partial charge is 0.318 e. The lowest BCUT2D eigenvalue weighted by atomic mass is 10.3. The number of allylic oxidation sites excluding steroid dienone is 1. The number of hydrogen-bond donors (Lipinski definition) is 2. The van der Waals surface area contributed by atoms with Crippen LogP contribution in [0.15, 0.2) is 12.3 Å². The molecule has 2 amide bonds. The third kappa shape index (κ3) is 5.45. The van der Waals surface area contributed by atoms with E-state index in [1.807, 2.05) is 20.8 Å². The van der Waals surface area contributed by atoms with Crippen molar-refractivity contribution in [1.29, 1.82) is 0 Å². The highest BCUT2D eigenvalue weighted by Gasteiger charge is 2.00. The molecule has 0 aromatic carbocycles. The quantitative estimate of drug-likeness (QED) is 0.640. The van der Waals surface area contributed by atoms with Gasteiger partial charge in [-0.1, -0.05) is 13.0 Å². The van der Waals surface area contributed by atoms with Crippen LogP contribution >= 0.6 is 0 Å². The van der Waals surface area contributed by atoms with Crippen LogP contribution in [0, 0.1) is 0 Å². The Labute approximate surface area is 67.9 Å². The molecule has 1 unspecified atom stereocenters. The summed E-state index contributed by atoms with van der Waals surface area (Å²) in [6.07, 6.45) is 4.33. The second kappa shape index (κ2) is 5.77. The zero-order chi connectivity index (χ0) is 8.69. The standard InChI is InChI=1S/C8H16N2O/c1-4-6-9-8(11)10-7(3)5-2/h4,6-7H,5H2,1-3H3,(H2,9,10,11)/b6-4+. The third-order valence-electron chi connectivity index (χ3n) is 1.37. The summed E-state index contributed by atoms with van der Waals surface area (Å²) in [5.74, 6) is 0. The van der Waals surface area contributed by atoms with Crippen LogP contribution in [0.4, 0.5) is 4.79 Å². The van der Waals surface area contributed by atoms with Gasteiger partial charge in [0.15, 0.2) is 0 Å².